The number of pyridine rings is 1. The van der Waals surface area contributed by atoms with E-state index in [0.29, 0.717) is 17.9 Å². The number of thioether (sulfide) groups is 1. The summed E-state index contributed by atoms with van der Waals surface area (Å²) in [7, 11) is 1.28. The van der Waals surface area contributed by atoms with Gasteiger partial charge in [-0.05, 0) is 11.4 Å². The standard InChI is InChI=1S/C21H18N6O5S3/c1-32-25-14(11-9-35-21(22)23-11)17(28)24-15-18(29)27-16(20(30)31)10(8-34-19(15)27)7-26-5-2-3-13-12(26)4-6-33-13/h2-6,9,15,19H,7-8H2,1H3,(H3-,22,23,24,28,30,31)/b25-14+. The molecule has 0 aromatic carbocycles. The molecule has 2 aliphatic heterocycles. The largest absolute Gasteiger partial charge is 0.543 e. The van der Waals surface area contributed by atoms with Gasteiger partial charge in [0.05, 0.1) is 16.4 Å². The topological polar surface area (TPSA) is 154 Å². The summed E-state index contributed by atoms with van der Waals surface area (Å²) in [5, 5.41) is 21.6. The van der Waals surface area contributed by atoms with Crippen molar-refractivity contribution < 1.29 is 28.9 Å². The number of carboxylic acids is 1. The molecular formula is C21H18N6O5S3. The first-order chi connectivity index (χ1) is 16.9. The zero-order valence-electron chi connectivity index (χ0n) is 18.2. The van der Waals surface area contributed by atoms with Crippen molar-refractivity contribution in [3.63, 3.8) is 0 Å². The number of thiazole rings is 1. The summed E-state index contributed by atoms with van der Waals surface area (Å²) in [4.78, 5) is 47.9. The molecule has 180 valence electrons. The van der Waals surface area contributed by atoms with Crippen LogP contribution < -0.4 is 20.7 Å². The van der Waals surface area contributed by atoms with Gasteiger partial charge in [-0.1, -0.05) is 5.16 Å². The highest BCUT2D eigenvalue weighted by Crippen LogP contribution is 2.40. The van der Waals surface area contributed by atoms with E-state index in [1.54, 1.807) is 16.7 Å². The zero-order chi connectivity index (χ0) is 24.7. The molecule has 5 heterocycles. The lowest BCUT2D eigenvalue weighted by Crippen LogP contribution is -2.71. The van der Waals surface area contributed by atoms with Crippen LogP contribution in [0.3, 0.4) is 0 Å². The Labute approximate surface area is 210 Å². The van der Waals surface area contributed by atoms with Gasteiger partial charge in [-0.2, -0.15) is 4.57 Å². The predicted octanol–water partition coefficient (Wildman–Crippen LogP) is -0.318. The van der Waals surface area contributed by atoms with Crippen LogP contribution in [0.4, 0.5) is 5.13 Å². The van der Waals surface area contributed by atoms with Crippen LogP contribution in [0, 0.1) is 0 Å². The van der Waals surface area contributed by atoms with Crippen molar-refractivity contribution >= 4 is 73.3 Å². The minimum atomic E-state index is -1.43. The number of hydrogen-bond acceptors (Lipinski definition) is 11. The number of anilines is 1. The molecule has 5 rings (SSSR count). The molecule has 1 saturated heterocycles. The van der Waals surface area contributed by atoms with E-state index >= 15 is 0 Å². The summed E-state index contributed by atoms with van der Waals surface area (Å²) in [6, 6.07) is 4.91. The number of aromatic nitrogens is 2. The number of nitrogens with two attached hydrogens (primary N) is 1. The number of fused-ring (bicyclic) bond motifs is 2. The van der Waals surface area contributed by atoms with Crippen LogP contribution in [-0.2, 0) is 25.8 Å². The first kappa shape index (κ1) is 23.3. The summed E-state index contributed by atoms with van der Waals surface area (Å²) in [5.74, 6) is -2.29. The van der Waals surface area contributed by atoms with Crippen molar-refractivity contribution in [2.24, 2.45) is 5.16 Å². The van der Waals surface area contributed by atoms with E-state index in [1.807, 2.05) is 34.3 Å². The molecule has 3 aromatic heterocycles. The quantitative estimate of drug-likeness (QED) is 0.182. The second-order valence-electron chi connectivity index (χ2n) is 7.60. The van der Waals surface area contributed by atoms with Crippen molar-refractivity contribution in [3.8, 4) is 0 Å². The van der Waals surface area contributed by atoms with E-state index in [0.717, 1.165) is 21.6 Å². The highest BCUT2D eigenvalue weighted by Gasteiger charge is 2.53. The zero-order valence-corrected chi connectivity index (χ0v) is 20.6. The van der Waals surface area contributed by atoms with Crippen molar-refractivity contribution in [1.82, 2.24) is 15.2 Å². The molecule has 11 nitrogen and oxygen atoms in total. The Hall–Kier alpha value is -3.49. The predicted molar refractivity (Wildman–Crippen MR) is 129 cm³/mol. The van der Waals surface area contributed by atoms with Gasteiger partial charge in [-0.3, -0.25) is 14.5 Å². The van der Waals surface area contributed by atoms with Gasteiger partial charge < -0.3 is 25.8 Å². The minimum Gasteiger partial charge on any atom is -0.543 e. The molecule has 2 amide bonds. The van der Waals surface area contributed by atoms with Crippen molar-refractivity contribution in [1.29, 1.82) is 0 Å². The van der Waals surface area contributed by atoms with Gasteiger partial charge in [0.15, 0.2) is 23.6 Å². The van der Waals surface area contributed by atoms with Gasteiger partial charge in [0.2, 0.25) is 5.52 Å². The summed E-state index contributed by atoms with van der Waals surface area (Å²) >= 11 is 4.09. The lowest BCUT2D eigenvalue weighted by atomic mass is 10.0. The number of carbonyl (C=O) groups is 3. The number of hydrogen-bond donors (Lipinski definition) is 2. The maximum absolute atomic E-state index is 13.0. The molecule has 0 spiro atoms. The Morgan fingerprint density at radius 2 is 2.23 bits per heavy atom. The van der Waals surface area contributed by atoms with Crippen LogP contribution in [-0.4, -0.2) is 57.7 Å². The summed E-state index contributed by atoms with van der Waals surface area (Å²) < 4.78 is 3.02. The molecule has 3 N–H and O–H groups in total. The molecule has 3 aromatic rings. The average molecular weight is 531 g/mol. The fourth-order valence-corrected chi connectivity index (χ4v) is 6.72. The highest BCUT2D eigenvalue weighted by molar-refractivity contribution is 8.00. The van der Waals surface area contributed by atoms with Crippen LogP contribution in [0.25, 0.3) is 10.2 Å². The van der Waals surface area contributed by atoms with Gasteiger partial charge in [-0.25, -0.2) is 4.98 Å². The maximum atomic E-state index is 13.0. The molecule has 2 unspecified atom stereocenters. The van der Waals surface area contributed by atoms with Crippen LogP contribution in [0.5, 0.6) is 0 Å². The first-order valence-electron chi connectivity index (χ1n) is 10.3. The average Bonchev–Trinajstić information content (AvgIpc) is 3.49. The van der Waals surface area contributed by atoms with Gasteiger partial charge in [-0.15, -0.1) is 34.4 Å². The Balaban J connectivity index is 1.38. The van der Waals surface area contributed by atoms with Crippen molar-refractivity contribution in [3.05, 3.63) is 52.1 Å². The molecular weight excluding hydrogens is 512 g/mol. The van der Waals surface area contributed by atoms with Crippen LogP contribution in [0.2, 0.25) is 0 Å². The number of carboxylic acid groups (broad SMARTS) is 1. The van der Waals surface area contributed by atoms with Crippen LogP contribution in [0.1, 0.15) is 5.69 Å². The number of rotatable bonds is 7. The van der Waals surface area contributed by atoms with E-state index in [-0.39, 0.29) is 22.2 Å². The third-order valence-electron chi connectivity index (χ3n) is 5.55. The molecule has 0 saturated carbocycles. The lowest BCUT2D eigenvalue weighted by molar-refractivity contribution is -0.663. The van der Waals surface area contributed by atoms with E-state index in [1.165, 1.54) is 23.8 Å². The van der Waals surface area contributed by atoms with Gasteiger partial charge in [0.25, 0.3) is 11.8 Å². The number of amides is 2. The van der Waals surface area contributed by atoms with E-state index < -0.39 is 29.2 Å². The normalized spacial score (nSPS) is 20.0. The first-order valence-corrected chi connectivity index (χ1v) is 13.1. The molecule has 2 atom stereocenters. The van der Waals surface area contributed by atoms with Gasteiger partial charge >= 0.3 is 0 Å². The van der Waals surface area contributed by atoms with E-state index in [2.05, 4.69) is 15.5 Å². The second kappa shape index (κ2) is 9.28. The lowest BCUT2D eigenvalue weighted by Gasteiger charge is -2.50. The Morgan fingerprint density at radius 3 is 2.94 bits per heavy atom. The van der Waals surface area contributed by atoms with Crippen molar-refractivity contribution in [2.45, 2.75) is 18.0 Å². The smallest absolute Gasteiger partial charge is 0.276 e. The third kappa shape index (κ3) is 4.13. The summed E-state index contributed by atoms with van der Waals surface area (Å²) in [6.45, 7) is 0.299. The number of nitrogens with one attached hydrogen (secondary N) is 1. The van der Waals surface area contributed by atoms with Gasteiger partial charge in [0.1, 0.15) is 24.2 Å². The molecule has 35 heavy (non-hydrogen) atoms. The molecule has 0 aliphatic carbocycles. The Kier molecular flexibility index (Phi) is 6.17. The monoisotopic (exact) mass is 530 g/mol. The fraction of sp³-hybridized carbons (Fsp3) is 0.238. The SMILES string of the molecule is CO/N=C(/C(=O)NC1C(=O)N2C(C(=O)[O-])=C(C[n+]3cccc4sccc43)CSC12)c1csc(N)n1. The summed E-state index contributed by atoms with van der Waals surface area (Å²) in [6.07, 6.45) is 1.87. The number of oxime groups is 1. The molecule has 0 bridgehead atoms. The number of β-lactam (4-membered cyclic amide) rings is 1. The molecule has 2 aliphatic rings. The molecule has 14 heteroatoms. The summed E-state index contributed by atoms with van der Waals surface area (Å²) in [5.41, 5.74) is 7.11. The van der Waals surface area contributed by atoms with E-state index in [4.69, 9.17) is 10.6 Å². The number of carbonyl (C=O) groups excluding carboxylic acids is 3. The van der Waals surface area contributed by atoms with Crippen molar-refractivity contribution in [2.75, 3.05) is 18.6 Å². The fourth-order valence-electron chi connectivity index (χ4n) is 4.03. The Bertz CT molecular complexity index is 1410. The number of nitrogen functional groups attached to an aromatic ring is 1. The Morgan fingerprint density at radius 1 is 1.40 bits per heavy atom. The number of aliphatic carboxylic acids is 1. The molecule has 1 fully saturated rings. The highest BCUT2D eigenvalue weighted by atomic mass is 32.2. The second-order valence-corrected chi connectivity index (χ2v) is 10.5. The number of thiophene rings is 1. The van der Waals surface area contributed by atoms with Gasteiger partial charge in [0, 0.05) is 28.8 Å². The maximum Gasteiger partial charge on any atom is 0.276 e. The third-order valence-corrected chi connectivity index (χ3v) is 8.43. The molecule has 0 radical (unpaired) electrons. The minimum absolute atomic E-state index is 0.135. The van der Waals surface area contributed by atoms with Crippen LogP contribution in [0.15, 0.2) is 51.6 Å². The number of nitrogens with zero attached hydrogens (tertiary/aromatic N) is 4. The van der Waals surface area contributed by atoms with E-state index in [9.17, 15) is 19.5 Å². The van der Waals surface area contributed by atoms with Crippen LogP contribution >= 0.6 is 34.4 Å².